The van der Waals surface area contributed by atoms with Crippen molar-refractivity contribution >= 4 is 5.91 Å². The van der Waals surface area contributed by atoms with Gasteiger partial charge in [-0.1, -0.05) is 0 Å². The molecule has 0 aromatic carbocycles. The second-order valence-electron chi connectivity index (χ2n) is 6.47. The lowest BCUT2D eigenvalue weighted by atomic mass is 9.79. The van der Waals surface area contributed by atoms with Crippen LogP contribution < -0.4 is 5.56 Å². The molecule has 2 fully saturated rings. The Morgan fingerprint density at radius 3 is 2.96 bits per heavy atom. The standard InChI is InChI=1S/C17H24N2O5/c1-23-17-5-4-13(24-9-8-20)10-14(17)19(7-6-17)16(22)12-2-3-15(21)18-11-12/h2-3,11,13-14,20H,4-10H2,1H3,(H,18,21)/t13-,14+,17-/m1/s1. The molecule has 24 heavy (non-hydrogen) atoms. The molecule has 7 nitrogen and oxygen atoms in total. The van der Waals surface area contributed by atoms with Crippen molar-refractivity contribution < 1.29 is 19.4 Å². The molecule has 3 atom stereocenters. The summed E-state index contributed by atoms with van der Waals surface area (Å²) in [6, 6.07) is 2.86. The number of pyridine rings is 1. The van der Waals surface area contributed by atoms with E-state index in [-0.39, 0.29) is 35.8 Å². The first-order chi connectivity index (χ1) is 11.6. The first-order valence-electron chi connectivity index (χ1n) is 8.37. The van der Waals surface area contributed by atoms with E-state index >= 15 is 0 Å². The van der Waals surface area contributed by atoms with Crippen molar-refractivity contribution in [3.63, 3.8) is 0 Å². The number of fused-ring (bicyclic) bond motifs is 1. The lowest BCUT2D eigenvalue weighted by Crippen LogP contribution is -2.53. The molecule has 2 N–H and O–H groups in total. The highest BCUT2D eigenvalue weighted by Crippen LogP contribution is 2.43. The topological polar surface area (TPSA) is 91.9 Å². The molecule has 1 saturated heterocycles. The van der Waals surface area contributed by atoms with Crippen molar-refractivity contribution in [2.75, 3.05) is 26.9 Å². The smallest absolute Gasteiger partial charge is 0.255 e. The van der Waals surface area contributed by atoms with E-state index in [1.54, 1.807) is 13.2 Å². The number of ether oxygens (including phenoxy) is 2. The number of carbonyl (C=O) groups is 1. The summed E-state index contributed by atoms with van der Waals surface area (Å²) in [4.78, 5) is 28.4. The van der Waals surface area contributed by atoms with E-state index < -0.39 is 0 Å². The predicted molar refractivity (Wildman–Crippen MR) is 86.9 cm³/mol. The molecule has 1 aromatic rings. The maximum atomic E-state index is 12.9. The van der Waals surface area contributed by atoms with Gasteiger partial charge in [-0.3, -0.25) is 9.59 Å². The minimum atomic E-state index is -0.322. The van der Waals surface area contributed by atoms with Crippen LogP contribution in [-0.2, 0) is 9.47 Å². The molecule has 0 bridgehead atoms. The molecule has 3 rings (SSSR count). The van der Waals surface area contributed by atoms with Crippen LogP contribution in [0.1, 0.15) is 36.0 Å². The van der Waals surface area contributed by atoms with Gasteiger partial charge in [0.1, 0.15) is 0 Å². The largest absolute Gasteiger partial charge is 0.394 e. The minimum Gasteiger partial charge on any atom is -0.394 e. The van der Waals surface area contributed by atoms with Gasteiger partial charge in [0.2, 0.25) is 5.56 Å². The van der Waals surface area contributed by atoms with Crippen molar-refractivity contribution in [3.05, 3.63) is 34.2 Å². The maximum Gasteiger partial charge on any atom is 0.255 e. The molecule has 0 unspecified atom stereocenters. The molecule has 0 spiro atoms. The Bertz CT molecular complexity index is 626. The van der Waals surface area contributed by atoms with Crippen LogP contribution in [0.25, 0.3) is 0 Å². The van der Waals surface area contributed by atoms with E-state index in [2.05, 4.69) is 4.98 Å². The zero-order valence-corrected chi connectivity index (χ0v) is 13.9. The van der Waals surface area contributed by atoms with Crippen LogP contribution in [0.5, 0.6) is 0 Å². The number of nitrogens with one attached hydrogen (secondary N) is 1. The van der Waals surface area contributed by atoms with E-state index in [0.29, 0.717) is 25.1 Å². The summed E-state index contributed by atoms with van der Waals surface area (Å²) < 4.78 is 11.5. The van der Waals surface area contributed by atoms with Crippen molar-refractivity contribution in [1.82, 2.24) is 9.88 Å². The Morgan fingerprint density at radius 1 is 1.46 bits per heavy atom. The number of hydrogen-bond donors (Lipinski definition) is 2. The van der Waals surface area contributed by atoms with Gasteiger partial charge >= 0.3 is 0 Å². The summed E-state index contributed by atoms with van der Waals surface area (Å²) in [6.45, 7) is 0.936. The average molecular weight is 336 g/mol. The molecule has 1 aromatic heterocycles. The van der Waals surface area contributed by atoms with Gasteiger partial charge in [0.05, 0.1) is 36.5 Å². The number of methoxy groups -OCH3 is 1. The number of amides is 1. The fourth-order valence-corrected chi connectivity index (χ4v) is 3.99. The van der Waals surface area contributed by atoms with Gasteiger partial charge in [-0.05, 0) is 31.7 Å². The number of H-pyrrole nitrogens is 1. The van der Waals surface area contributed by atoms with Gasteiger partial charge in [-0.25, -0.2) is 0 Å². The minimum absolute atomic E-state index is 0.00336. The number of hydrogen-bond acceptors (Lipinski definition) is 5. The Morgan fingerprint density at radius 2 is 2.29 bits per heavy atom. The van der Waals surface area contributed by atoms with E-state index in [1.165, 1.54) is 12.3 Å². The van der Waals surface area contributed by atoms with E-state index in [9.17, 15) is 9.59 Å². The van der Waals surface area contributed by atoms with Gasteiger partial charge in [0, 0.05) is 25.9 Å². The van der Waals surface area contributed by atoms with Gasteiger partial charge < -0.3 is 24.5 Å². The molecule has 1 saturated carbocycles. The van der Waals surface area contributed by atoms with Crippen molar-refractivity contribution in [2.45, 2.75) is 43.4 Å². The fraction of sp³-hybridized carbons (Fsp3) is 0.647. The number of aromatic amines is 1. The monoisotopic (exact) mass is 336 g/mol. The molecule has 0 radical (unpaired) electrons. The third kappa shape index (κ3) is 3.11. The summed E-state index contributed by atoms with van der Waals surface area (Å²) in [5, 5.41) is 8.95. The van der Waals surface area contributed by atoms with Crippen molar-refractivity contribution in [2.24, 2.45) is 0 Å². The third-order valence-corrected chi connectivity index (χ3v) is 5.28. The number of carbonyl (C=O) groups excluding carboxylic acids is 1. The first kappa shape index (κ1) is 17.1. The molecule has 2 heterocycles. The van der Waals surface area contributed by atoms with Crippen LogP contribution in [0.2, 0.25) is 0 Å². The molecule has 1 aliphatic carbocycles. The second kappa shape index (κ2) is 7.04. The van der Waals surface area contributed by atoms with Crippen molar-refractivity contribution in [3.8, 4) is 0 Å². The van der Waals surface area contributed by atoms with E-state index in [0.717, 1.165) is 19.3 Å². The Hall–Kier alpha value is -1.70. The van der Waals surface area contributed by atoms with Gasteiger partial charge in [-0.15, -0.1) is 0 Å². The zero-order chi connectivity index (χ0) is 17.2. The Labute approximate surface area is 140 Å². The molecule has 132 valence electrons. The van der Waals surface area contributed by atoms with Crippen LogP contribution in [-0.4, -0.2) is 65.5 Å². The summed E-state index contributed by atoms with van der Waals surface area (Å²) >= 11 is 0. The third-order valence-electron chi connectivity index (χ3n) is 5.28. The van der Waals surface area contributed by atoms with Gasteiger partial charge in [0.25, 0.3) is 5.91 Å². The van der Waals surface area contributed by atoms with Crippen LogP contribution in [0, 0.1) is 0 Å². The maximum absolute atomic E-state index is 12.9. The summed E-state index contributed by atoms with van der Waals surface area (Å²) in [6.07, 6.45) is 4.68. The van der Waals surface area contributed by atoms with Crippen molar-refractivity contribution in [1.29, 1.82) is 0 Å². The molecule has 2 aliphatic rings. The highest BCUT2D eigenvalue weighted by molar-refractivity contribution is 5.94. The summed E-state index contributed by atoms with van der Waals surface area (Å²) in [5.41, 5.74) is -0.0778. The molecular formula is C17H24N2O5. The normalized spacial score (nSPS) is 29.5. The molecule has 7 heteroatoms. The van der Waals surface area contributed by atoms with E-state index in [4.69, 9.17) is 14.6 Å². The number of aromatic nitrogens is 1. The predicted octanol–water partition coefficient (Wildman–Crippen LogP) is 0.536. The van der Waals surface area contributed by atoms with Crippen LogP contribution in [0.15, 0.2) is 23.1 Å². The quantitative estimate of drug-likeness (QED) is 0.819. The Balaban J connectivity index is 1.79. The number of aliphatic hydroxyl groups is 1. The summed E-state index contributed by atoms with van der Waals surface area (Å²) in [7, 11) is 1.70. The SMILES string of the molecule is CO[C@@]12CC[C@@H](OCCO)C[C@@H]1N(C(=O)c1ccc(=O)[nH]c1)CC2. The first-order valence-corrected chi connectivity index (χ1v) is 8.37. The Kier molecular flexibility index (Phi) is 5.03. The van der Waals surface area contributed by atoms with Crippen LogP contribution >= 0.6 is 0 Å². The molecular weight excluding hydrogens is 312 g/mol. The van der Waals surface area contributed by atoms with Crippen LogP contribution in [0.4, 0.5) is 0 Å². The summed E-state index contributed by atoms with van der Waals surface area (Å²) in [5.74, 6) is -0.0991. The fourth-order valence-electron chi connectivity index (χ4n) is 3.99. The number of nitrogens with zero attached hydrogens (tertiary/aromatic N) is 1. The number of likely N-dealkylation sites (tertiary alicyclic amines) is 1. The lowest BCUT2D eigenvalue weighted by Gasteiger charge is -2.43. The van der Waals surface area contributed by atoms with Gasteiger partial charge in [-0.2, -0.15) is 0 Å². The lowest BCUT2D eigenvalue weighted by molar-refractivity contribution is -0.0992. The number of aliphatic hydroxyl groups excluding tert-OH is 1. The van der Waals surface area contributed by atoms with Gasteiger partial charge in [0.15, 0.2) is 0 Å². The zero-order valence-electron chi connectivity index (χ0n) is 13.9. The molecule has 1 aliphatic heterocycles. The highest BCUT2D eigenvalue weighted by Gasteiger charge is 2.52. The highest BCUT2D eigenvalue weighted by atomic mass is 16.5. The molecule has 1 amide bonds. The van der Waals surface area contributed by atoms with Crippen LogP contribution in [0.3, 0.4) is 0 Å². The number of rotatable bonds is 5. The second-order valence-corrected chi connectivity index (χ2v) is 6.47. The average Bonchev–Trinajstić information content (AvgIpc) is 2.99. The van der Waals surface area contributed by atoms with E-state index in [1.807, 2.05) is 4.90 Å².